The number of halogens is 1. The Morgan fingerprint density at radius 2 is 2.21 bits per heavy atom. The smallest absolute Gasteiger partial charge is 0.342 e. The van der Waals surface area contributed by atoms with E-state index in [4.69, 9.17) is 5.11 Å². The third-order valence-electron chi connectivity index (χ3n) is 3.13. The van der Waals surface area contributed by atoms with Gasteiger partial charge in [0.1, 0.15) is 5.56 Å². The number of nitro groups is 1. The summed E-state index contributed by atoms with van der Waals surface area (Å²) >= 11 is 0. The SMILES string of the molecule is CN(CC1CC1)c1cc(C(=O)O)c([N+](=O)[O-])cc1F. The van der Waals surface area contributed by atoms with Crippen molar-refractivity contribution in [2.24, 2.45) is 5.92 Å². The molecule has 6 nitrogen and oxygen atoms in total. The van der Waals surface area contributed by atoms with Crippen LogP contribution in [0.25, 0.3) is 0 Å². The quantitative estimate of drug-likeness (QED) is 0.654. The van der Waals surface area contributed by atoms with Gasteiger partial charge in [-0.15, -0.1) is 0 Å². The Balaban J connectivity index is 2.40. The zero-order chi connectivity index (χ0) is 14.2. The van der Waals surface area contributed by atoms with E-state index >= 15 is 0 Å². The molecule has 0 amide bonds. The van der Waals surface area contributed by atoms with Gasteiger partial charge >= 0.3 is 5.97 Å². The van der Waals surface area contributed by atoms with Crippen LogP contribution in [0.5, 0.6) is 0 Å². The average molecular weight is 268 g/mol. The lowest BCUT2D eigenvalue weighted by Crippen LogP contribution is -2.22. The molecule has 0 aromatic heterocycles. The third-order valence-corrected chi connectivity index (χ3v) is 3.13. The van der Waals surface area contributed by atoms with E-state index in [2.05, 4.69) is 0 Å². The van der Waals surface area contributed by atoms with Crippen molar-refractivity contribution < 1.29 is 19.2 Å². The summed E-state index contributed by atoms with van der Waals surface area (Å²) in [4.78, 5) is 22.4. The molecular formula is C12H13FN2O4. The summed E-state index contributed by atoms with van der Waals surface area (Å²) < 4.78 is 13.8. The topological polar surface area (TPSA) is 83.7 Å². The minimum Gasteiger partial charge on any atom is -0.477 e. The molecule has 0 bridgehead atoms. The van der Waals surface area contributed by atoms with Crippen molar-refractivity contribution in [1.82, 2.24) is 0 Å². The van der Waals surface area contributed by atoms with Gasteiger partial charge in [-0.2, -0.15) is 0 Å². The lowest BCUT2D eigenvalue weighted by molar-refractivity contribution is -0.385. The zero-order valence-electron chi connectivity index (χ0n) is 10.3. The summed E-state index contributed by atoms with van der Waals surface area (Å²) in [7, 11) is 1.65. The number of nitrogens with zero attached hydrogens (tertiary/aromatic N) is 2. The molecule has 0 aliphatic heterocycles. The molecule has 0 radical (unpaired) electrons. The van der Waals surface area contributed by atoms with Gasteiger partial charge in [-0.1, -0.05) is 0 Å². The fourth-order valence-corrected chi connectivity index (χ4v) is 1.95. The van der Waals surface area contributed by atoms with E-state index in [1.54, 1.807) is 11.9 Å². The van der Waals surface area contributed by atoms with Crippen molar-refractivity contribution in [1.29, 1.82) is 0 Å². The lowest BCUT2D eigenvalue weighted by Gasteiger charge is -2.20. The summed E-state index contributed by atoms with van der Waals surface area (Å²) in [6, 6.07) is 1.69. The van der Waals surface area contributed by atoms with Crippen LogP contribution < -0.4 is 4.90 Å². The Bertz CT molecular complexity index is 543. The molecule has 7 heteroatoms. The first kappa shape index (κ1) is 13.3. The molecule has 0 heterocycles. The number of nitro benzene ring substituents is 1. The van der Waals surface area contributed by atoms with Crippen molar-refractivity contribution in [2.75, 3.05) is 18.5 Å². The van der Waals surface area contributed by atoms with Crippen molar-refractivity contribution in [3.8, 4) is 0 Å². The number of hydrogen-bond donors (Lipinski definition) is 1. The maximum atomic E-state index is 13.8. The highest BCUT2D eigenvalue weighted by molar-refractivity contribution is 5.93. The molecule has 0 atom stereocenters. The Labute approximate surface area is 108 Å². The third kappa shape index (κ3) is 2.81. The van der Waals surface area contributed by atoms with E-state index in [1.165, 1.54) is 0 Å². The Morgan fingerprint density at radius 1 is 1.58 bits per heavy atom. The first-order valence-corrected chi connectivity index (χ1v) is 5.82. The van der Waals surface area contributed by atoms with E-state index in [0.717, 1.165) is 18.9 Å². The van der Waals surface area contributed by atoms with Gasteiger partial charge in [0.05, 0.1) is 16.7 Å². The summed E-state index contributed by atoms with van der Waals surface area (Å²) in [5, 5.41) is 19.7. The highest BCUT2D eigenvalue weighted by Crippen LogP contribution is 2.33. The number of aromatic carboxylic acids is 1. The molecule has 2 rings (SSSR count). The summed E-state index contributed by atoms with van der Waals surface area (Å²) in [5.41, 5.74) is -1.15. The van der Waals surface area contributed by atoms with Crippen LogP contribution in [0.2, 0.25) is 0 Å². The van der Waals surface area contributed by atoms with E-state index in [-0.39, 0.29) is 5.69 Å². The van der Waals surface area contributed by atoms with E-state index in [9.17, 15) is 19.3 Å². The Morgan fingerprint density at radius 3 is 2.68 bits per heavy atom. The molecule has 1 saturated carbocycles. The molecule has 0 saturated heterocycles. The van der Waals surface area contributed by atoms with Crippen LogP contribution >= 0.6 is 0 Å². The van der Waals surface area contributed by atoms with Gasteiger partial charge in [0.15, 0.2) is 5.82 Å². The largest absolute Gasteiger partial charge is 0.477 e. The second-order valence-corrected chi connectivity index (χ2v) is 4.71. The first-order chi connectivity index (χ1) is 8.90. The molecular weight excluding hydrogens is 255 g/mol. The first-order valence-electron chi connectivity index (χ1n) is 5.82. The molecule has 1 aliphatic carbocycles. The number of rotatable bonds is 5. The second kappa shape index (κ2) is 4.83. The number of benzene rings is 1. The van der Waals surface area contributed by atoms with Crippen LogP contribution in [0, 0.1) is 21.8 Å². The molecule has 1 aromatic carbocycles. The molecule has 1 aromatic rings. The molecule has 0 unspecified atom stereocenters. The van der Waals surface area contributed by atoms with Crippen LogP contribution in [0.1, 0.15) is 23.2 Å². The number of carbonyl (C=O) groups is 1. The van der Waals surface area contributed by atoms with Gasteiger partial charge in [-0.05, 0) is 24.8 Å². The van der Waals surface area contributed by atoms with Crippen molar-refractivity contribution in [3.63, 3.8) is 0 Å². The number of carboxylic acids is 1. The van der Waals surface area contributed by atoms with Gasteiger partial charge < -0.3 is 10.0 Å². The maximum Gasteiger partial charge on any atom is 0.342 e. The number of carboxylic acid groups (broad SMARTS) is 1. The summed E-state index contributed by atoms with van der Waals surface area (Å²) in [5.74, 6) is -1.72. The van der Waals surface area contributed by atoms with Gasteiger partial charge in [0.2, 0.25) is 0 Å². The van der Waals surface area contributed by atoms with Crippen LogP contribution in [-0.4, -0.2) is 29.6 Å². The van der Waals surface area contributed by atoms with Crippen LogP contribution in [-0.2, 0) is 0 Å². The Hall–Kier alpha value is -2.18. The molecule has 102 valence electrons. The normalized spacial score (nSPS) is 14.2. The molecule has 19 heavy (non-hydrogen) atoms. The minimum absolute atomic E-state index is 0.0786. The lowest BCUT2D eigenvalue weighted by atomic mass is 10.1. The number of hydrogen-bond acceptors (Lipinski definition) is 4. The predicted octanol–water partition coefficient (Wildman–Crippen LogP) is 2.28. The van der Waals surface area contributed by atoms with Crippen LogP contribution in [0.3, 0.4) is 0 Å². The molecule has 1 N–H and O–H groups in total. The Kier molecular flexibility index (Phi) is 3.37. The van der Waals surface area contributed by atoms with Gasteiger partial charge in [-0.3, -0.25) is 10.1 Å². The van der Waals surface area contributed by atoms with Crippen molar-refractivity contribution in [2.45, 2.75) is 12.8 Å². The van der Waals surface area contributed by atoms with Gasteiger partial charge in [0, 0.05) is 13.6 Å². The molecule has 1 fully saturated rings. The fraction of sp³-hybridized carbons (Fsp3) is 0.417. The fourth-order valence-electron chi connectivity index (χ4n) is 1.95. The second-order valence-electron chi connectivity index (χ2n) is 4.71. The van der Waals surface area contributed by atoms with Crippen molar-refractivity contribution >= 4 is 17.3 Å². The molecule has 1 aliphatic rings. The monoisotopic (exact) mass is 268 g/mol. The van der Waals surface area contributed by atoms with E-state index in [1.807, 2.05) is 0 Å². The maximum absolute atomic E-state index is 13.8. The van der Waals surface area contributed by atoms with Crippen LogP contribution in [0.4, 0.5) is 15.8 Å². The average Bonchev–Trinajstić information content (AvgIpc) is 3.11. The van der Waals surface area contributed by atoms with E-state index < -0.39 is 28.0 Å². The summed E-state index contributed by atoms with van der Waals surface area (Å²) in [6.45, 7) is 0.619. The van der Waals surface area contributed by atoms with Crippen molar-refractivity contribution in [3.05, 3.63) is 33.6 Å². The zero-order valence-corrected chi connectivity index (χ0v) is 10.3. The van der Waals surface area contributed by atoms with Crippen LogP contribution in [0.15, 0.2) is 12.1 Å². The standard InChI is InChI=1S/C12H13FN2O4/c1-14(6-7-2-3-7)11-4-8(12(16)17)10(15(18)19)5-9(11)13/h4-5,7H,2-3,6H2,1H3,(H,16,17). The molecule has 0 spiro atoms. The number of anilines is 1. The van der Waals surface area contributed by atoms with Gasteiger partial charge in [-0.25, -0.2) is 9.18 Å². The summed E-state index contributed by atoms with van der Waals surface area (Å²) in [6.07, 6.45) is 2.15. The highest BCUT2D eigenvalue weighted by Gasteiger charge is 2.27. The van der Waals surface area contributed by atoms with E-state index in [0.29, 0.717) is 18.5 Å². The highest BCUT2D eigenvalue weighted by atomic mass is 19.1. The predicted molar refractivity (Wildman–Crippen MR) is 66.0 cm³/mol. The van der Waals surface area contributed by atoms with Gasteiger partial charge in [0.25, 0.3) is 5.69 Å². The minimum atomic E-state index is -1.44.